The fraction of sp³-hybridized carbons (Fsp3) is 0.100. The van der Waals surface area contributed by atoms with E-state index in [9.17, 15) is 5.11 Å². The highest BCUT2D eigenvalue weighted by molar-refractivity contribution is 5.84. The molecule has 0 radical (unpaired) electrons. The van der Waals surface area contributed by atoms with Crippen LogP contribution in [0.25, 0.3) is 22.2 Å². The van der Waals surface area contributed by atoms with E-state index in [1.807, 2.05) is 48.5 Å². The number of nitrogens with zero attached hydrogens (tertiary/aromatic N) is 2. The molecule has 0 spiro atoms. The molecule has 0 aliphatic carbocycles. The first-order chi connectivity index (χ1) is 12.2. The highest BCUT2D eigenvalue weighted by Gasteiger charge is 2.13. The topological polar surface area (TPSA) is 71.0 Å². The summed E-state index contributed by atoms with van der Waals surface area (Å²) in [4.78, 5) is 11.4. The van der Waals surface area contributed by atoms with Gasteiger partial charge in [0.05, 0.1) is 31.0 Å². The second-order valence-electron chi connectivity index (χ2n) is 5.81. The van der Waals surface area contributed by atoms with Gasteiger partial charge in [0.1, 0.15) is 11.9 Å². The lowest BCUT2D eigenvalue weighted by Crippen LogP contribution is -2.00. The summed E-state index contributed by atoms with van der Waals surface area (Å²) >= 11 is 0. The zero-order valence-electron chi connectivity index (χ0n) is 13.7. The standard InChI is InChI=1S/C20H17N3O2/c1-25-17-5-4-13-8-15(3-2-14(13)9-17)20(24)16-6-7-22-18(10-16)19-11-21-12-23-19/h2-12,20,24H,1H3,(H,21,23). The van der Waals surface area contributed by atoms with E-state index in [0.717, 1.165) is 39.0 Å². The van der Waals surface area contributed by atoms with Crippen LogP contribution < -0.4 is 4.74 Å². The fourth-order valence-electron chi connectivity index (χ4n) is 2.89. The molecule has 124 valence electrons. The maximum atomic E-state index is 10.8. The maximum absolute atomic E-state index is 10.8. The van der Waals surface area contributed by atoms with Gasteiger partial charge in [-0.2, -0.15) is 0 Å². The second-order valence-corrected chi connectivity index (χ2v) is 5.81. The summed E-state index contributed by atoms with van der Waals surface area (Å²) in [5, 5.41) is 12.9. The number of aromatic nitrogens is 3. The van der Waals surface area contributed by atoms with Crippen molar-refractivity contribution >= 4 is 10.8 Å². The molecule has 0 saturated carbocycles. The third kappa shape index (κ3) is 2.97. The third-order valence-corrected chi connectivity index (χ3v) is 4.26. The lowest BCUT2D eigenvalue weighted by atomic mass is 9.98. The second kappa shape index (κ2) is 6.37. The monoisotopic (exact) mass is 331 g/mol. The highest BCUT2D eigenvalue weighted by Crippen LogP contribution is 2.28. The van der Waals surface area contributed by atoms with Crippen molar-refractivity contribution in [2.24, 2.45) is 0 Å². The van der Waals surface area contributed by atoms with Crippen LogP contribution in [0.15, 0.2) is 67.3 Å². The van der Waals surface area contributed by atoms with Gasteiger partial charge in [0.25, 0.3) is 0 Å². The molecule has 1 atom stereocenters. The quantitative estimate of drug-likeness (QED) is 0.598. The van der Waals surface area contributed by atoms with Crippen LogP contribution in [0.1, 0.15) is 17.2 Å². The SMILES string of the molecule is COc1ccc2cc(C(O)c3ccnc(-c4cnc[nH]4)c3)ccc2c1. The molecule has 0 aliphatic heterocycles. The van der Waals surface area contributed by atoms with Crippen molar-refractivity contribution in [1.82, 2.24) is 15.0 Å². The minimum absolute atomic E-state index is 0.726. The van der Waals surface area contributed by atoms with Gasteiger partial charge in [0.15, 0.2) is 0 Å². The van der Waals surface area contributed by atoms with Gasteiger partial charge in [-0.15, -0.1) is 0 Å². The first kappa shape index (κ1) is 15.4. The van der Waals surface area contributed by atoms with Gasteiger partial charge in [-0.25, -0.2) is 4.98 Å². The van der Waals surface area contributed by atoms with Gasteiger partial charge in [0.2, 0.25) is 0 Å². The molecule has 2 aromatic heterocycles. The van der Waals surface area contributed by atoms with Crippen LogP contribution in [0, 0.1) is 0 Å². The number of hydrogen-bond donors (Lipinski definition) is 2. The number of methoxy groups -OCH3 is 1. The molecule has 25 heavy (non-hydrogen) atoms. The van der Waals surface area contributed by atoms with Crippen LogP contribution in [0.3, 0.4) is 0 Å². The molecule has 2 heterocycles. The summed E-state index contributed by atoms with van der Waals surface area (Å²) in [6, 6.07) is 15.5. The maximum Gasteiger partial charge on any atom is 0.119 e. The molecule has 0 fully saturated rings. The Labute approximate surface area is 145 Å². The number of pyridine rings is 1. The van der Waals surface area contributed by atoms with Crippen molar-refractivity contribution < 1.29 is 9.84 Å². The molecular formula is C20H17N3O2. The lowest BCUT2D eigenvalue weighted by Gasteiger charge is -2.13. The molecule has 0 saturated heterocycles. The summed E-state index contributed by atoms with van der Waals surface area (Å²) in [5.74, 6) is 0.819. The van der Waals surface area contributed by atoms with Crippen LogP contribution in [-0.2, 0) is 0 Å². The lowest BCUT2D eigenvalue weighted by molar-refractivity contribution is 0.220. The van der Waals surface area contributed by atoms with Crippen LogP contribution in [0.5, 0.6) is 5.75 Å². The van der Waals surface area contributed by atoms with E-state index in [0.29, 0.717) is 0 Å². The van der Waals surface area contributed by atoms with Crippen LogP contribution in [-0.4, -0.2) is 27.2 Å². The number of nitrogens with one attached hydrogen (secondary N) is 1. The van der Waals surface area contributed by atoms with E-state index in [2.05, 4.69) is 15.0 Å². The number of H-pyrrole nitrogens is 1. The Balaban J connectivity index is 1.70. The highest BCUT2D eigenvalue weighted by atomic mass is 16.5. The first-order valence-electron chi connectivity index (χ1n) is 7.95. The largest absolute Gasteiger partial charge is 0.497 e. The van der Waals surface area contributed by atoms with E-state index in [4.69, 9.17) is 4.74 Å². The predicted molar refractivity (Wildman–Crippen MR) is 96.4 cm³/mol. The Morgan fingerprint density at radius 2 is 1.80 bits per heavy atom. The van der Waals surface area contributed by atoms with Gasteiger partial charge in [0, 0.05) is 6.20 Å². The zero-order chi connectivity index (χ0) is 17.2. The van der Waals surface area contributed by atoms with E-state index in [-0.39, 0.29) is 0 Å². The minimum atomic E-state index is -0.726. The predicted octanol–water partition coefficient (Wildman–Crippen LogP) is 3.72. The van der Waals surface area contributed by atoms with Crippen molar-refractivity contribution in [1.29, 1.82) is 0 Å². The molecule has 4 aromatic rings. The van der Waals surface area contributed by atoms with E-state index < -0.39 is 6.10 Å². The van der Waals surface area contributed by atoms with Gasteiger partial charge in [-0.05, 0) is 52.2 Å². The molecular weight excluding hydrogens is 314 g/mol. The number of benzene rings is 2. The Hall–Kier alpha value is -3.18. The number of fused-ring (bicyclic) bond motifs is 1. The summed E-state index contributed by atoms with van der Waals surface area (Å²) in [6.45, 7) is 0. The normalized spacial score (nSPS) is 12.2. The van der Waals surface area contributed by atoms with Crippen LogP contribution in [0.2, 0.25) is 0 Å². The summed E-state index contributed by atoms with van der Waals surface area (Å²) in [6.07, 6.45) is 4.29. The molecule has 0 amide bonds. The summed E-state index contributed by atoms with van der Waals surface area (Å²) in [7, 11) is 1.65. The van der Waals surface area contributed by atoms with Crippen molar-refractivity contribution in [3.05, 3.63) is 78.4 Å². The molecule has 2 N–H and O–H groups in total. The Morgan fingerprint density at radius 3 is 2.60 bits per heavy atom. The molecule has 5 heteroatoms. The molecule has 2 aromatic carbocycles. The average molecular weight is 331 g/mol. The molecule has 4 rings (SSSR count). The van der Waals surface area contributed by atoms with Gasteiger partial charge < -0.3 is 14.8 Å². The Morgan fingerprint density at radius 1 is 1.00 bits per heavy atom. The van der Waals surface area contributed by atoms with Crippen molar-refractivity contribution in [2.45, 2.75) is 6.10 Å². The molecule has 1 unspecified atom stereocenters. The number of aromatic amines is 1. The average Bonchev–Trinajstić information content (AvgIpc) is 3.21. The van der Waals surface area contributed by atoms with Gasteiger partial charge in [-0.1, -0.05) is 18.2 Å². The Kier molecular flexibility index (Phi) is 3.91. The number of rotatable bonds is 4. The van der Waals surface area contributed by atoms with Crippen molar-refractivity contribution in [3.63, 3.8) is 0 Å². The van der Waals surface area contributed by atoms with E-state index in [1.165, 1.54) is 0 Å². The third-order valence-electron chi connectivity index (χ3n) is 4.26. The van der Waals surface area contributed by atoms with Crippen molar-refractivity contribution in [2.75, 3.05) is 7.11 Å². The van der Waals surface area contributed by atoms with Crippen molar-refractivity contribution in [3.8, 4) is 17.1 Å². The number of aliphatic hydroxyl groups excluding tert-OH is 1. The number of hydrogen-bond acceptors (Lipinski definition) is 4. The molecule has 5 nitrogen and oxygen atoms in total. The van der Waals surface area contributed by atoms with Gasteiger partial charge in [-0.3, -0.25) is 4.98 Å². The summed E-state index contributed by atoms with van der Waals surface area (Å²) in [5.41, 5.74) is 3.19. The van der Waals surface area contributed by atoms with Gasteiger partial charge >= 0.3 is 0 Å². The zero-order valence-corrected chi connectivity index (χ0v) is 13.7. The summed E-state index contributed by atoms with van der Waals surface area (Å²) < 4.78 is 5.25. The molecule has 0 aliphatic rings. The fourth-order valence-corrected chi connectivity index (χ4v) is 2.89. The first-order valence-corrected chi connectivity index (χ1v) is 7.95. The molecule has 0 bridgehead atoms. The smallest absolute Gasteiger partial charge is 0.119 e. The number of ether oxygens (including phenoxy) is 1. The van der Waals surface area contributed by atoms with Crippen LogP contribution >= 0.6 is 0 Å². The van der Waals surface area contributed by atoms with E-state index in [1.54, 1.807) is 25.8 Å². The number of imidazole rings is 1. The minimum Gasteiger partial charge on any atom is -0.497 e. The van der Waals surface area contributed by atoms with Crippen LogP contribution in [0.4, 0.5) is 0 Å². The Bertz CT molecular complexity index is 1010. The number of aliphatic hydroxyl groups is 1. The van der Waals surface area contributed by atoms with E-state index >= 15 is 0 Å².